The highest BCUT2D eigenvalue weighted by Crippen LogP contribution is 2.19. The van der Waals surface area contributed by atoms with E-state index in [4.69, 9.17) is 0 Å². The zero-order valence-corrected chi connectivity index (χ0v) is 10.7. The van der Waals surface area contributed by atoms with E-state index in [2.05, 4.69) is 43.4 Å². The molecule has 1 amide bonds. The molecule has 0 aromatic heterocycles. The maximum Gasteiger partial charge on any atom is 0.220 e. The highest BCUT2D eigenvalue weighted by atomic mass is 16.1. The molecule has 1 aliphatic heterocycles. The fourth-order valence-electron chi connectivity index (χ4n) is 2.33. The van der Waals surface area contributed by atoms with E-state index < -0.39 is 0 Å². The molecule has 0 spiro atoms. The number of hydrogen-bond donors (Lipinski definition) is 1. The van der Waals surface area contributed by atoms with E-state index in [1.54, 1.807) is 0 Å². The molecule has 1 aromatic carbocycles. The van der Waals surface area contributed by atoms with Crippen molar-refractivity contribution in [3.63, 3.8) is 0 Å². The summed E-state index contributed by atoms with van der Waals surface area (Å²) in [6.45, 7) is 5.27. The van der Waals surface area contributed by atoms with Gasteiger partial charge in [0, 0.05) is 13.0 Å². The number of benzene rings is 1. The van der Waals surface area contributed by atoms with Gasteiger partial charge in [0.25, 0.3) is 0 Å². The van der Waals surface area contributed by atoms with Gasteiger partial charge in [-0.1, -0.05) is 38.1 Å². The van der Waals surface area contributed by atoms with Gasteiger partial charge in [0.05, 0.1) is 0 Å². The zero-order chi connectivity index (χ0) is 12.3. The first-order valence-corrected chi connectivity index (χ1v) is 6.50. The molecule has 0 radical (unpaired) electrons. The molecule has 1 heterocycles. The zero-order valence-electron chi connectivity index (χ0n) is 10.7. The molecule has 17 heavy (non-hydrogen) atoms. The Labute approximate surface area is 103 Å². The quantitative estimate of drug-likeness (QED) is 0.851. The molecule has 92 valence electrons. The summed E-state index contributed by atoms with van der Waals surface area (Å²) in [6, 6.07) is 8.90. The molecular weight excluding hydrogens is 210 g/mol. The minimum atomic E-state index is 0.205. The van der Waals surface area contributed by atoms with Crippen molar-refractivity contribution in [3.8, 4) is 0 Å². The second-order valence-corrected chi connectivity index (χ2v) is 5.31. The lowest BCUT2D eigenvalue weighted by molar-refractivity contribution is -0.122. The summed E-state index contributed by atoms with van der Waals surface area (Å²) in [6.07, 6.45) is 2.80. The Morgan fingerprint density at radius 2 is 2.00 bits per heavy atom. The molecule has 2 rings (SSSR count). The minimum absolute atomic E-state index is 0.205. The SMILES string of the molecule is CC(C)c1ccc(CC2CCC(=O)NC2)cc1. The van der Waals surface area contributed by atoms with Gasteiger partial charge in [-0.05, 0) is 35.8 Å². The van der Waals surface area contributed by atoms with Gasteiger partial charge in [-0.3, -0.25) is 4.79 Å². The normalized spacial score (nSPS) is 20.4. The predicted octanol–water partition coefficient (Wildman–Crippen LogP) is 2.88. The van der Waals surface area contributed by atoms with Crippen molar-refractivity contribution < 1.29 is 4.79 Å². The monoisotopic (exact) mass is 231 g/mol. The molecule has 0 saturated carbocycles. The van der Waals surface area contributed by atoms with Crippen LogP contribution in [0.25, 0.3) is 0 Å². The van der Waals surface area contributed by atoms with Gasteiger partial charge >= 0.3 is 0 Å². The molecule has 1 saturated heterocycles. The highest BCUT2D eigenvalue weighted by Gasteiger charge is 2.17. The van der Waals surface area contributed by atoms with E-state index >= 15 is 0 Å². The first-order chi connectivity index (χ1) is 8.15. The lowest BCUT2D eigenvalue weighted by atomic mass is 9.91. The average molecular weight is 231 g/mol. The number of carbonyl (C=O) groups is 1. The summed E-state index contributed by atoms with van der Waals surface area (Å²) >= 11 is 0. The highest BCUT2D eigenvalue weighted by molar-refractivity contribution is 5.76. The second kappa shape index (κ2) is 5.35. The number of hydrogen-bond acceptors (Lipinski definition) is 1. The van der Waals surface area contributed by atoms with Crippen LogP contribution in [0.1, 0.15) is 43.7 Å². The summed E-state index contributed by atoms with van der Waals surface area (Å²) in [5, 5.41) is 2.94. The maximum absolute atomic E-state index is 11.1. The summed E-state index contributed by atoms with van der Waals surface area (Å²) in [7, 11) is 0. The van der Waals surface area contributed by atoms with Crippen LogP contribution in [-0.2, 0) is 11.2 Å². The largest absolute Gasteiger partial charge is 0.356 e. The van der Waals surface area contributed by atoms with Crippen molar-refractivity contribution in [2.45, 2.75) is 39.0 Å². The van der Waals surface area contributed by atoms with Gasteiger partial charge in [-0.2, -0.15) is 0 Å². The summed E-state index contributed by atoms with van der Waals surface area (Å²) in [4.78, 5) is 11.1. The van der Waals surface area contributed by atoms with Crippen LogP contribution >= 0.6 is 0 Å². The molecule has 1 unspecified atom stereocenters. The Hall–Kier alpha value is -1.31. The van der Waals surface area contributed by atoms with Crippen molar-refractivity contribution in [1.82, 2.24) is 5.32 Å². The Morgan fingerprint density at radius 3 is 2.53 bits per heavy atom. The first-order valence-electron chi connectivity index (χ1n) is 6.50. The predicted molar refractivity (Wildman–Crippen MR) is 70.0 cm³/mol. The Morgan fingerprint density at radius 1 is 1.29 bits per heavy atom. The summed E-state index contributed by atoms with van der Waals surface area (Å²) in [5.41, 5.74) is 2.78. The van der Waals surface area contributed by atoms with Crippen LogP contribution in [0.2, 0.25) is 0 Å². The molecule has 0 bridgehead atoms. The standard InChI is InChI=1S/C15H21NO/c1-11(2)14-6-3-12(4-7-14)9-13-5-8-15(17)16-10-13/h3-4,6-7,11,13H,5,8-10H2,1-2H3,(H,16,17). The van der Waals surface area contributed by atoms with E-state index in [1.165, 1.54) is 11.1 Å². The van der Waals surface area contributed by atoms with Crippen molar-refractivity contribution >= 4 is 5.91 Å². The van der Waals surface area contributed by atoms with E-state index in [-0.39, 0.29) is 5.91 Å². The average Bonchev–Trinajstić information content (AvgIpc) is 2.33. The first kappa shape index (κ1) is 12.2. The minimum Gasteiger partial charge on any atom is -0.356 e. The smallest absolute Gasteiger partial charge is 0.220 e. The third-order valence-electron chi connectivity index (χ3n) is 3.54. The van der Waals surface area contributed by atoms with E-state index in [1.807, 2.05) is 0 Å². The lowest BCUT2D eigenvalue weighted by Crippen LogP contribution is -2.35. The number of amides is 1. The fourth-order valence-corrected chi connectivity index (χ4v) is 2.33. The van der Waals surface area contributed by atoms with Crippen molar-refractivity contribution in [3.05, 3.63) is 35.4 Å². The molecule has 1 N–H and O–H groups in total. The molecular formula is C15H21NO. The van der Waals surface area contributed by atoms with Crippen LogP contribution in [0.4, 0.5) is 0 Å². The molecule has 1 atom stereocenters. The molecule has 0 aliphatic carbocycles. The fraction of sp³-hybridized carbons (Fsp3) is 0.533. The van der Waals surface area contributed by atoms with Crippen molar-refractivity contribution in [1.29, 1.82) is 0 Å². The van der Waals surface area contributed by atoms with Gasteiger partial charge in [0.2, 0.25) is 5.91 Å². The molecule has 1 aromatic rings. The van der Waals surface area contributed by atoms with Crippen LogP contribution in [0.3, 0.4) is 0 Å². The number of carbonyl (C=O) groups excluding carboxylic acids is 1. The van der Waals surface area contributed by atoms with Crippen molar-refractivity contribution in [2.75, 3.05) is 6.54 Å². The van der Waals surface area contributed by atoms with E-state index in [9.17, 15) is 4.79 Å². The van der Waals surface area contributed by atoms with Crippen LogP contribution in [0.5, 0.6) is 0 Å². The van der Waals surface area contributed by atoms with E-state index in [0.717, 1.165) is 19.4 Å². The van der Waals surface area contributed by atoms with Gasteiger partial charge in [-0.15, -0.1) is 0 Å². The molecule has 1 aliphatic rings. The number of nitrogens with one attached hydrogen (secondary N) is 1. The Kier molecular flexibility index (Phi) is 3.82. The van der Waals surface area contributed by atoms with Crippen LogP contribution < -0.4 is 5.32 Å². The molecule has 1 fully saturated rings. The van der Waals surface area contributed by atoms with Crippen LogP contribution in [0, 0.1) is 5.92 Å². The van der Waals surface area contributed by atoms with E-state index in [0.29, 0.717) is 18.3 Å². The lowest BCUT2D eigenvalue weighted by Gasteiger charge is -2.22. The second-order valence-electron chi connectivity index (χ2n) is 5.31. The van der Waals surface area contributed by atoms with Crippen molar-refractivity contribution in [2.24, 2.45) is 5.92 Å². The summed E-state index contributed by atoms with van der Waals surface area (Å²) in [5.74, 6) is 1.41. The number of piperidine rings is 1. The molecule has 2 heteroatoms. The van der Waals surface area contributed by atoms with Gasteiger partial charge < -0.3 is 5.32 Å². The van der Waals surface area contributed by atoms with Gasteiger partial charge in [0.1, 0.15) is 0 Å². The Bertz CT molecular complexity index is 370. The Balaban J connectivity index is 1.92. The molecule has 2 nitrogen and oxygen atoms in total. The third-order valence-corrected chi connectivity index (χ3v) is 3.54. The maximum atomic E-state index is 11.1. The van der Waals surface area contributed by atoms with Crippen LogP contribution in [0.15, 0.2) is 24.3 Å². The number of rotatable bonds is 3. The topological polar surface area (TPSA) is 29.1 Å². The van der Waals surface area contributed by atoms with Gasteiger partial charge in [0.15, 0.2) is 0 Å². The third kappa shape index (κ3) is 3.32. The van der Waals surface area contributed by atoms with Gasteiger partial charge in [-0.25, -0.2) is 0 Å². The van der Waals surface area contributed by atoms with Crippen LogP contribution in [-0.4, -0.2) is 12.5 Å². The summed E-state index contributed by atoms with van der Waals surface area (Å²) < 4.78 is 0.